The van der Waals surface area contributed by atoms with E-state index >= 15 is 0 Å². The quantitative estimate of drug-likeness (QED) is 0.641. The first-order chi connectivity index (χ1) is 14.9. The van der Waals surface area contributed by atoms with Crippen LogP contribution in [0.3, 0.4) is 0 Å². The van der Waals surface area contributed by atoms with Gasteiger partial charge in [0.15, 0.2) is 0 Å². The molecule has 0 unspecified atom stereocenters. The number of aromatic nitrogens is 1. The lowest BCUT2D eigenvalue weighted by Crippen LogP contribution is -2.39. The number of amides is 3. The summed E-state index contributed by atoms with van der Waals surface area (Å²) in [4.78, 5) is 33.5. The van der Waals surface area contributed by atoms with Crippen molar-refractivity contribution in [3.63, 3.8) is 0 Å². The monoisotopic (exact) mass is 436 g/mol. The molecule has 1 aromatic carbocycles. The Hall–Kier alpha value is -3.26. The third-order valence-corrected chi connectivity index (χ3v) is 6.00. The molecule has 3 amide bonds. The zero-order valence-corrected chi connectivity index (χ0v) is 18.5. The molecule has 7 nitrogen and oxygen atoms in total. The fourth-order valence-corrected chi connectivity index (χ4v) is 4.67. The van der Waals surface area contributed by atoms with E-state index in [-0.39, 0.29) is 11.9 Å². The number of nitrogens with zero attached hydrogens (tertiary/aromatic N) is 3. The van der Waals surface area contributed by atoms with Crippen LogP contribution in [-0.4, -0.2) is 41.2 Å². The van der Waals surface area contributed by atoms with Gasteiger partial charge in [-0.1, -0.05) is 0 Å². The second-order valence-electron chi connectivity index (χ2n) is 7.48. The van der Waals surface area contributed by atoms with Crippen LogP contribution in [0, 0.1) is 13.8 Å². The van der Waals surface area contributed by atoms with Gasteiger partial charge in [0.05, 0.1) is 18.5 Å². The predicted octanol–water partition coefficient (Wildman–Crippen LogP) is 4.71. The highest BCUT2D eigenvalue weighted by atomic mass is 32.2. The summed E-state index contributed by atoms with van der Waals surface area (Å²) in [6.45, 7) is 4.97. The predicted molar refractivity (Wildman–Crippen MR) is 122 cm³/mol. The third kappa shape index (κ3) is 4.59. The van der Waals surface area contributed by atoms with Gasteiger partial charge in [-0.3, -0.25) is 9.69 Å². The van der Waals surface area contributed by atoms with Crippen LogP contribution >= 0.6 is 11.8 Å². The molecule has 0 atom stereocenters. The van der Waals surface area contributed by atoms with Gasteiger partial charge in [-0.15, -0.1) is 11.8 Å². The Bertz CT molecular complexity index is 1100. The Balaban J connectivity index is 1.44. The number of aryl methyl sites for hydroxylation is 2. The van der Waals surface area contributed by atoms with Crippen molar-refractivity contribution in [1.29, 1.82) is 0 Å². The molecule has 0 radical (unpaired) electrons. The van der Waals surface area contributed by atoms with Gasteiger partial charge in [-0.25, -0.2) is 9.78 Å². The molecule has 160 valence electrons. The number of furan rings is 1. The molecule has 8 heteroatoms. The molecule has 3 heterocycles. The fraction of sp³-hybridized carbons (Fsp3) is 0.261. The fourth-order valence-electron chi connectivity index (χ4n) is 3.59. The molecular formula is C23H24N4O3S. The van der Waals surface area contributed by atoms with E-state index in [0.29, 0.717) is 24.3 Å². The van der Waals surface area contributed by atoms with E-state index in [2.05, 4.69) is 10.3 Å². The summed E-state index contributed by atoms with van der Waals surface area (Å²) in [5.74, 6) is 1.40. The van der Waals surface area contributed by atoms with E-state index in [1.165, 1.54) is 0 Å². The maximum absolute atomic E-state index is 13.0. The maximum atomic E-state index is 13.0. The lowest BCUT2D eigenvalue weighted by atomic mass is 10.1. The van der Waals surface area contributed by atoms with Gasteiger partial charge in [0.2, 0.25) is 0 Å². The van der Waals surface area contributed by atoms with Crippen molar-refractivity contribution in [1.82, 2.24) is 9.88 Å². The van der Waals surface area contributed by atoms with Gasteiger partial charge in [0, 0.05) is 36.3 Å². The Labute approximate surface area is 185 Å². The van der Waals surface area contributed by atoms with Crippen LogP contribution in [0.15, 0.2) is 58.2 Å². The first-order valence-electron chi connectivity index (χ1n) is 10.00. The number of thioether (sulfide) groups is 1. The van der Waals surface area contributed by atoms with E-state index in [0.717, 1.165) is 33.5 Å². The Morgan fingerprint density at radius 1 is 1.23 bits per heavy atom. The molecule has 2 aromatic heterocycles. The summed E-state index contributed by atoms with van der Waals surface area (Å²) in [5, 5.41) is 3.82. The van der Waals surface area contributed by atoms with Crippen molar-refractivity contribution >= 4 is 35.1 Å². The summed E-state index contributed by atoms with van der Waals surface area (Å²) in [5.41, 5.74) is 4.02. The molecule has 1 aliphatic rings. The summed E-state index contributed by atoms with van der Waals surface area (Å²) < 4.78 is 5.30. The number of fused-ring (bicyclic) bond motifs is 1. The smallest absolute Gasteiger partial charge is 0.326 e. The standard InChI is InChI=1S/C23H24N4O3S/c1-15-13-16(2)24-21-20(15)27(10-12-31-21)23(29)25-18-8-6-17(7-9-18)22(28)26(3)14-19-5-4-11-30-19/h4-9,11,13H,10,12,14H2,1-3H3,(H,25,29). The van der Waals surface area contributed by atoms with Crippen LogP contribution in [0.4, 0.5) is 16.2 Å². The van der Waals surface area contributed by atoms with E-state index in [1.54, 1.807) is 65.2 Å². The lowest BCUT2D eigenvalue weighted by molar-refractivity contribution is 0.0775. The minimum Gasteiger partial charge on any atom is -0.467 e. The van der Waals surface area contributed by atoms with Crippen molar-refractivity contribution < 1.29 is 14.0 Å². The molecular weight excluding hydrogens is 412 g/mol. The number of urea groups is 1. The zero-order valence-electron chi connectivity index (χ0n) is 17.7. The SMILES string of the molecule is Cc1cc(C)c2c(n1)SCCN2C(=O)Nc1ccc(C(=O)N(C)Cc2ccco2)cc1. The Morgan fingerprint density at radius 2 is 2.00 bits per heavy atom. The Kier molecular flexibility index (Phi) is 5.99. The average molecular weight is 437 g/mol. The molecule has 0 bridgehead atoms. The van der Waals surface area contributed by atoms with Crippen LogP contribution in [0.5, 0.6) is 0 Å². The number of benzene rings is 1. The van der Waals surface area contributed by atoms with Crippen molar-refractivity contribution in [3.05, 3.63) is 71.3 Å². The van der Waals surface area contributed by atoms with Gasteiger partial charge in [0.25, 0.3) is 5.91 Å². The summed E-state index contributed by atoms with van der Waals surface area (Å²) in [7, 11) is 1.73. The van der Waals surface area contributed by atoms with Crippen LogP contribution in [0.2, 0.25) is 0 Å². The van der Waals surface area contributed by atoms with E-state index in [4.69, 9.17) is 4.42 Å². The molecule has 0 fully saturated rings. The maximum Gasteiger partial charge on any atom is 0.326 e. The number of pyridine rings is 1. The largest absolute Gasteiger partial charge is 0.467 e. The Morgan fingerprint density at radius 3 is 2.71 bits per heavy atom. The number of hydrogen-bond acceptors (Lipinski definition) is 5. The highest BCUT2D eigenvalue weighted by Crippen LogP contribution is 2.36. The van der Waals surface area contributed by atoms with Crippen molar-refractivity contribution in [2.24, 2.45) is 0 Å². The number of nitrogens with one attached hydrogen (secondary N) is 1. The molecule has 0 saturated heterocycles. The highest BCUT2D eigenvalue weighted by molar-refractivity contribution is 7.99. The molecule has 0 spiro atoms. The first kappa shape index (κ1) is 21.0. The number of hydrogen-bond donors (Lipinski definition) is 1. The number of rotatable bonds is 4. The van der Waals surface area contributed by atoms with Gasteiger partial charge < -0.3 is 14.6 Å². The van der Waals surface area contributed by atoms with Gasteiger partial charge in [-0.2, -0.15) is 0 Å². The minimum absolute atomic E-state index is 0.117. The first-order valence-corrected chi connectivity index (χ1v) is 11.0. The summed E-state index contributed by atoms with van der Waals surface area (Å²) >= 11 is 1.67. The number of carbonyl (C=O) groups is 2. The number of anilines is 2. The molecule has 0 aliphatic carbocycles. The zero-order chi connectivity index (χ0) is 22.0. The van der Waals surface area contributed by atoms with Gasteiger partial charge in [-0.05, 0) is 61.9 Å². The van der Waals surface area contributed by atoms with E-state index < -0.39 is 0 Å². The highest BCUT2D eigenvalue weighted by Gasteiger charge is 2.26. The molecule has 1 N–H and O–H groups in total. The molecule has 0 saturated carbocycles. The van der Waals surface area contributed by atoms with Gasteiger partial charge in [0.1, 0.15) is 10.8 Å². The number of carbonyl (C=O) groups excluding carboxylic acids is 2. The third-order valence-electron chi connectivity index (χ3n) is 5.05. The topological polar surface area (TPSA) is 78.7 Å². The van der Waals surface area contributed by atoms with Crippen molar-refractivity contribution in [2.75, 3.05) is 29.6 Å². The van der Waals surface area contributed by atoms with Gasteiger partial charge >= 0.3 is 6.03 Å². The van der Waals surface area contributed by atoms with Crippen LogP contribution in [-0.2, 0) is 6.54 Å². The normalized spacial score (nSPS) is 12.9. The molecule has 1 aliphatic heterocycles. The summed E-state index contributed by atoms with van der Waals surface area (Å²) in [6, 6.07) is 12.3. The minimum atomic E-state index is -0.204. The molecule has 31 heavy (non-hydrogen) atoms. The molecule has 4 rings (SSSR count). The average Bonchev–Trinajstić information content (AvgIpc) is 3.26. The van der Waals surface area contributed by atoms with Crippen LogP contribution < -0.4 is 10.2 Å². The van der Waals surface area contributed by atoms with E-state index in [9.17, 15) is 9.59 Å². The van der Waals surface area contributed by atoms with Crippen LogP contribution in [0.1, 0.15) is 27.4 Å². The lowest BCUT2D eigenvalue weighted by Gasteiger charge is -2.30. The molecule has 3 aromatic rings. The second-order valence-corrected chi connectivity index (χ2v) is 8.57. The summed E-state index contributed by atoms with van der Waals surface area (Å²) in [6.07, 6.45) is 1.59. The van der Waals surface area contributed by atoms with E-state index in [1.807, 2.05) is 26.0 Å². The van der Waals surface area contributed by atoms with Crippen molar-refractivity contribution in [2.45, 2.75) is 25.4 Å². The van der Waals surface area contributed by atoms with Crippen LogP contribution in [0.25, 0.3) is 0 Å². The van der Waals surface area contributed by atoms with Crippen molar-refractivity contribution in [3.8, 4) is 0 Å². The second kappa shape index (κ2) is 8.85.